The first-order valence-electron chi connectivity index (χ1n) is 9.08. The second-order valence-electron chi connectivity index (χ2n) is 6.72. The van der Waals surface area contributed by atoms with Gasteiger partial charge in [0, 0.05) is 21.4 Å². The second-order valence-corrected chi connectivity index (χ2v) is 9.21. The number of amides is 1. The number of carbonyl (C=O) groups is 1. The predicted octanol–water partition coefficient (Wildman–Crippen LogP) is 5.17. The van der Waals surface area contributed by atoms with Crippen LogP contribution in [0.15, 0.2) is 23.2 Å². The van der Waals surface area contributed by atoms with E-state index in [9.17, 15) is 14.9 Å². The Morgan fingerprint density at radius 2 is 2.14 bits per heavy atom. The quantitative estimate of drug-likeness (QED) is 0.250. The Kier molecular flexibility index (Phi) is 5.71. The summed E-state index contributed by atoms with van der Waals surface area (Å²) >= 11 is 8.87. The van der Waals surface area contributed by atoms with Gasteiger partial charge in [0.05, 0.1) is 10.7 Å². The maximum Gasteiger partial charge on any atom is 0.294 e. The van der Waals surface area contributed by atoms with Gasteiger partial charge in [0.15, 0.2) is 0 Å². The van der Waals surface area contributed by atoms with Crippen LogP contribution in [0.5, 0.6) is 0 Å². The average Bonchev–Trinajstić information content (AvgIpc) is 3.05. The van der Waals surface area contributed by atoms with Crippen molar-refractivity contribution in [3.8, 4) is 0 Å². The molecule has 1 aliphatic rings. The Balaban J connectivity index is 1.55. The van der Waals surface area contributed by atoms with Crippen molar-refractivity contribution in [1.29, 1.82) is 0 Å². The number of hydrogen-bond acceptors (Lipinski definition) is 7. The highest BCUT2D eigenvalue weighted by Crippen LogP contribution is 2.39. The molecular weight excluding hydrogens is 432 g/mol. The summed E-state index contributed by atoms with van der Waals surface area (Å²) in [5.41, 5.74) is 1.21. The molecule has 0 atom stereocenters. The summed E-state index contributed by atoms with van der Waals surface area (Å²) < 4.78 is 0. The van der Waals surface area contributed by atoms with Crippen LogP contribution >= 0.6 is 34.7 Å². The van der Waals surface area contributed by atoms with Crippen molar-refractivity contribution in [2.45, 2.75) is 37.6 Å². The third-order valence-electron chi connectivity index (χ3n) is 4.66. The summed E-state index contributed by atoms with van der Waals surface area (Å²) in [7, 11) is 0. The summed E-state index contributed by atoms with van der Waals surface area (Å²) in [6.07, 6.45) is 4.42. The minimum absolute atomic E-state index is 0.0932. The number of nitro benzene ring substituents is 1. The molecule has 1 N–H and O–H groups in total. The van der Waals surface area contributed by atoms with Crippen molar-refractivity contribution in [3.63, 3.8) is 0 Å². The number of hydrogen-bond donors (Lipinski definition) is 1. The Bertz CT molecular complexity index is 1130. The highest BCUT2D eigenvalue weighted by atomic mass is 35.5. The van der Waals surface area contributed by atoms with Crippen molar-refractivity contribution in [2.24, 2.45) is 0 Å². The zero-order valence-electron chi connectivity index (χ0n) is 15.5. The number of aryl methyl sites for hydroxylation is 3. The number of fused-ring (bicyclic) bond motifs is 3. The third-order valence-corrected chi connectivity index (χ3v) is 7.06. The van der Waals surface area contributed by atoms with Gasteiger partial charge in [0.1, 0.15) is 21.4 Å². The van der Waals surface area contributed by atoms with Crippen molar-refractivity contribution in [1.82, 2.24) is 9.97 Å². The summed E-state index contributed by atoms with van der Waals surface area (Å²) in [6, 6.07) is 4.16. The minimum atomic E-state index is -0.566. The molecule has 0 saturated carbocycles. The van der Waals surface area contributed by atoms with Crippen LogP contribution in [0.4, 0.5) is 11.4 Å². The van der Waals surface area contributed by atoms with Gasteiger partial charge in [-0.3, -0.25) is 14.9 Å². The van der Waals surface area contributed by atoms with Gasteiger partial charge < -0.3 is 5.32 Å². The summed E-state index contributed by atoms with van der Waals surface area (Å²) in [4.78, 5) is 34.6. The van der Waals surface area contributed by atoms with E-state index in [0.717, 1.165) is 34.5 Å². The van der Waals surface area contributed by atoms with Crippen LogP contribution in [-0.4, -0.2) is 26.6 Å². The Labute approximate surface area is 180 Å². The SMILES string of the molecule is Cc1nc(SCC(=O)Nc2ccc(Cl)cc2[N+](=O)[O-])c2c3c(sc2n1)CCCC3. The lowest BCUT2D eigenvalue weighted by Gasteiger charge is -2.12. The fourth-order valence-corrected chi connectivity index (χ4v) is 5.85. The molecule has 0 radical (unpaired) electrons. The first kappa shape index (κ1) is 20.1. The number of nitrogens with one attached hydrogen (secondary N) is 1. The Morgan fingerprint density at radius 3 is 2.93 bits per heavy atom. The Morgan fingerprint density at radius 1 is 1.34 bits per heavy atom. The van der Waals surface area contributed by atoms with Crippen LogP contribution in [0, 0.1) is 17.0 Å². The normalized spacial score (nSPS) is 13.3. The molecule has 0 bridgehead atoms. The summed E-state index contributed by atoms with van der Waals surface area (Å²) in [5, 5.41) is 15.9. The van der Waals surface area contributed by atoms with Gasteiger partial charge in [0.2, 0.25) is 5.91 Å². The van der Waals surface area contributed by atoms with Crippen LogP contribution < -0.4 is 5.32 Å². The number of halogens is 1. The molecule has 29 heavy (non-hydrogen) atoms. The van der Waals surface area contributed by atoms with Crippen molar-refractivity contribution in [3.05, 3.63) is 49.6 Å². The smallest absolute Gasteiger partial charge is 0.294 e. The molecule has 10 heteroatoms. The molecule has 4 rings (SSSR count). The van der Waals surface area contributed by atoms with Crippen LogP contribution in [0.2, 0.25) is 5.02 Å². The standard InChI is InChI=1S/C19H17ClN4O3S2/c1-10-21-18(17-12-4-2-3-5-15(12)29-19(17)22-10)28-9-16(25)23-13-7-6-11(20)8-14(13)24(26)27/h6-8H,2-5,9H2,1H3,(H,23,25). The number of thioether (sulfide) groups is 1. The first-order valence-corrected chi connectivity index (χ1v) is 11.3. The van der Waals surface area contributed by atoms with Crippen LogP contribution in [0.3, 0.4) is 0 Å². The van der Waals surface area contributed by atoms with E-state index < -0.39 is 4.92 Å². The number of carbonyl (C=O) groups excluding carboxylic acids is 1. The van der Waals surface area contributed by atoms with Crippen LogP contribution in [0.25, 0.3) is 10.2 Å². The van der Waals surface area contributed by atoms with Gasteiger partial charge in [0.25, 0.3) is 5.69 Å². The van der Waals surface area contributed by atoms with Crippen LogP contribution in [0.1, 0.15) is 29.1 Å². The lowest BCUT2D eigenvalue weighted by molar-refractivity contribution is -0.383. The average molecular weight is 449 g/mol. The second kappa shape index (κ2) is 8.25. The van der Waals surface area contributed by atoms with Crippen molar-refractivity contribution in [2.75, 3.05) is 11.1 Å². The number of nitro groups is 1. The monoisotopic (exact) mass is 448 g/mol. The van der Waals surface area contributed by atoms with Crippen molar-refractivity contribution >= 4 is 62.2 Å². The van der Waals surface area contributed by atoms with E-state index in [1.807, 2.05) is 6.92 Å². The van der Waals surface area contributed by atoms with Gasteiger partial charge in [-0.1, -0.05) is 23.4 Å². The van der Waals surface area contributed by atoms with Gasteiger partial charge in [-0.2, -0.15) is 0 Å². The minimum Gasteiger partial charge on any atom is -0.320 e. The molecule has 0 unspecified atom stereocenters. The summed E-state index contributed by atoms with van der Waals surface area (Å²) in [6.45, 7) is 1.85. The molecule has 0 aliphatic heterocycles. The molecule has 1 aromatic carbocycles. The molecular formula is C19H17ClN4O3S2. The summed E-state index contributed by atoms with van der Waals surface area (Å²) in [5.74, 6) is 0.428. The van der Waals surface area contributed by atoms with E-state index in [0.29, 0.717) is 5.82 Å². The number of aromatic nitrogens is 2. The zero-order valence-corrected chi connectivity index (χ0v) is 17.9. The fourth-order valence-electron chi connectivity index (χ4n) is 3.41. The van der Waals surface area contributed by atoms with E-state index in [2.05, 4.69) is 15.3 Å². The number of anilines is 1. The molecule has 2 heterocycles. The van der Waals surface area contributed by atoms with E-state index in [-0.39, 0.29) is 28.1 Å². The largest absolute Gasteiger partial charge is 0.320 e. The molecule has 0 spiro atoms. The molecule has 0 saturated heterocycles. The number of thiophene rings is 1. The van der Waals surface area contributed by atoms with Crippen molar-refractivity contribution < 1.29 is 9.72 Å². The molecule has 3 aromatic rings. The third kappa shape index (κ3) is 4.22. The lowest BCUT2D eigenvalue weighted by Crippen LogP contribution is -2.15. The van der Waals surface area contributed by atoms with E-state index in [1.165, 1.54) is 46.8 Å². The molecule has 2 aromatic heterocycles. The maximum absolute atomic E-state index is 12.5. The molecule has 1 amide bonds. The highest BCUT2D eigenvalue weighted by Gasteiger charge is 2.22. The highest BCUT2D eigenvalue weighted by molar-refractivity contribution is 8.00. The predicted molar refractivity (Wildman–Crippen MR) is 116 cm³/mol. The van der Waals surface area contributed by atoms with Gasteiger partial charge in [-0.05, 0) is 50.3 Å². The van der Waals surface area contributed by atoms with Gasteiger partial charge in [-0.25, -0.2) is 9.97 Å². The molecule has 7 nitrogen and oxygen atoms in total. The van der Waals surface area contributed by atoms with E-state index in [4.69, 9.17) is 11.6 Å². The lowest BCUT2D eigenvalue weighted by atomic mass is 9.97. The van der Waals surface area contributed by atoms with Gasteiger partial charge in [-0.15, -0.1) is 11.3 Å². The van der Waals surface area contributed by atoms with Gasteiger partial charge >= 0.3 is 0 Å². The van der Waals surface area contributed by atoms with E-state index >= 15 is 0 Å². The number of benzene rings is 1. The molecule has 1 aliphatic carbocycles. The molecule has 150 valence electrons. The van der Waals surface area contributed by atoms with Crippen LogP contribution in [-0.2, 0) is 17.6 Å². The fraction of sp³-hybridized carbons (Fsp3) is 0.316. The Hall–Kier alpha value is -2.23. The zero-order chi connectivity index (χ0) is 20.5. The maximum atomic E-state index is 12.5. The topological polar surface area (TPSA) is 98.0 Å². The number of rotatable bonds is 5. The van der Waals surface area contributed by atoms with E-state index in [1.54, 1.807) is 11.3 Å². The first-order chi connectivity index (χ1) is 13.9. The molecule has 0 fully saturated rings. The number of nitrogens with zero attached hydrogens (tertiary/aromatic N) is 3.